The number of hydrogen-bond donors (Lipinski definition) is 0. The summed E-state index contributed by atoms with van der Waals surface area (Å²) in [6, 6.07) is 3.83. The van der Waals surface area contributed by atoms with Gasteiger partial charge >= 0.3 is 0 Å². The molecule has 0 atom stereocenters. The Morgan fingerprint density at radius 2 is 2.29 bits per heavy atom. The molecule has 1 aromatic rings. The Morgan fingerprint density at radius 3 is 2.94 bits per heavy atom. The molecule has 0 radical (unpaired) electrons. The molecule has 0 unspecified atom stereocenters. The minimum atomic E-state index is 0.231. The van der Waals surface area contributed by atoms with Gasteiger partial charge in [-0.3, -0.25) is 9.69 Å². The zero-order valence-corrected chi connectivity index (χ0v) is 11.0. The summed E-state index contributed by atoms with van der Waals surface area (Å²) in [5, 5.41) is 1.95. The number of likely N-dealkylation sites (N-methyl/N-ethyl adjacent to an activating group) is 1. The van der Waals surface area contributed by atoms with Crippen LogP contribution in [0.25, 0.3) is 0 Å². The van der Waals surface area contributed by atoms with E-state index in [0.717, 1.165) is 37.5 Å². The second-order valence-electron chi connectivity index (χ2n) is 4.65. The first kappa shape index (κ1) is 12.7. The fourth-order valence-electron chi connectivity index (χ4n) is 2.19. The zero-order valence-electron chi connectivity index (χ0n) is 10.2. The smallest absolute Gasteiger partial charge is 0.186 e. The van der Waals surface area contributed by atoms with Gasteiger partial charge in [-0.05, 0) is 37.3 Å². The maximum Gasteiger partial charge on any atom is 0.186 e. The predicted octanol–water partition coefficient (Wildman–Crippen LogP) is 2.29. The molecule has 1 saturated heterocycles. The van der Waals surface area contributed by atoms with Crippen LogP contribution in [0.3, 0.4) is 0 Å². The van der Waals surface area contributed by atoms with Gasteiger partial charge in [0.1, 0.15) is 0 Å². The van der Waals surface area contributed by atoms with E-state index >= 15 is 0 Å². The minimum Gasteiger partial charge on any atom is -0.381 e. The van der Waals surface area contributed by atoms with E-state index in [4.69, 9.17) is 4.74 Å². The van der Waals surface area contributed by atoms with Gasteiger partial charge in [0.2, 0.25) is 0 Å². The number of carbonyl (C=O) groups is 1. The minimum absolute atomic E-state index is 0.231. The molecule has 0 N–H and O–H groups in total. The normalized spacial score (nSPS) is 17.5. The molecule has 1 aromatic heterocycles. The third-order valence-electron chi connectivity index (χ3n) is 3.12. The predicted molar refractivity (Wildman–Crippen MR) is 69.7 cm³/mol. The molecule has 1 aliphatic heterocycles. The van der Waals surface area contributed by atoms with Crippen LogP contribution in [0.15, 0.2) is 17.5 Å². The summed E-state index contributed by atoms with van der Waals surface area (Å²) in [6.45, 7) is 3.27. The van der Waals surface area contributed by atoms with E-state index in [1.807, 2.05) is 24.6 Å². The van der Waals surface area contributed by atoms with Crippen molar-refractivity contribution in [3.63, 3.8) is 0 Å². The third-order valence-corrected chi connectivity index (χ3v) is 4.03. The Bertz CT molecular complexity index is 344. The van der Waals surface area contributed by atoms with E-state index < -0.39 is 0 Å². The summed E-state index contributed by atoms with van der Waals surface area (Å²) < 4.78 is 5.34. The van der Waals surface area contributed by atoms with E-state index in [1.54, 1.807) is 0 Å². The summed E-state index contributed by atoms with van der Waals surface area (Å²) in [4.78, 5) is 14.9. The quantitative estimate of drug-likeness (QED) is 0.754. The average molecular weight is 253 g/mol. The summed E-state index contributed by atoms with van der Waals surface area (Å²) in [5.74, 6) is 0.916. The number of nitrogens with zero attached hydrogens (tertiary/aromatic N) is 1. The number of carbonyl (C=O) groups excluding carboxylic acids is 1. The van der Waals surface area contributed by atoms with Crippen LogP contribution in [-0.4, -0.2) is 44.0 Å². The highest BCUT2D eigenvalue weighted by Gasteiger charge is 2.17. The van der Waals surface area contributed by atoms with E-state index in [0.29, 0.717) is 12.5 Å². The molecular weight excluding hydrogens is 234 g/mol. The zero-order chi connectivity index (χ0) is 12.1. The number of thiophene rings is 1. The largest absolute Gasteiger partial charge is 0.381 e. The number of hydrogen-bond acceptors (Lipinski definition) is 4. The van der Waals surface area contributed by atoms with Crippen LogP contribution < -0.4 is 0 Å². The topological polar surface area (TPSA) is 29.5 Å². The molecule has 0 spiro atoms. The van der Waals surface area contributed by atoms with E-state index in [1.165, 1.54) is 11.3 Å². The van der Waals surface area contributed by atoms with Crippen molar-refractivity contribution in [2.45, 2.75) is 12.8 Å². The first-order valence-corrected chi connectivity index (χ1v) is 6.96. The van der Waals surface area contributed by atoms with Gasteiger partial charge in [-0.15, -0.1) is 11.3 Å². The van der Waals surface area contributed by atoms with Crippen LogP contribution in [-0.2, 0) is 4.74 Å². The van der Waals surface area contributed by atoms with Crippen LogP contribution in [0.4, 0.5) is 0 Å². The van der Waals surface area contributed by atoms with Gasteiger partial charge in [-0.25, -0.2) is 0 Å². The Morgan fingerprint density at radius 1 is 1.53 bits per heavy atom. The Balaban J connectivity index is 1.76. The molecule has 0 saturated carbocycles. The lowest BCUT2D eigenvalue weighted by Gasteiger charge is -2.26. The van der Waals surface area contributed by atoms with Gasteiger partial charge in [-0.1, -0.05) is 6.07 Å². The van der Waals surface area contributed by atoms with Crippen LogP contribution >= 0.6 is 11.3 Å². The van der Waals surface area contributed by atoms with Crippen LogP contribution in [0, 0.1) is 5.92 Å². The Kier molecular flexibility index (Phi) is 4.71. The highest BCUT2D eigenvalue weighted by molar-refractivity contribution is 7.12. The van der Waals surface area contributed by atoms with Crippen molar-refractivity contribution in [2.24, 2.45) is 5.92 Å². The highest BCUT2D eigenvalue weighted by atomic mass is 32.1. The van der Waals surface area contributed by atoms with Crippen LogP contribution in [0.1, 0.15) is 22.5 Å². The van der Waals surface area contributed by atoms with Crippen molar-refractivity contribution >= 4 is 17.1 Å². The highest BCUT2D eigenvalue weighted by Crippen LogP contribution is 2.16. The van der Waals surface area contributed by atoms with Crippen molar-refractivity contribution in [3.8, 4) is 0 Å². The molecular formula is C13H19NO2S. The number of ether oxygens (including phenoxy) is 1. The molecule has 0 amide bonds. The maximum atomic E-state index is 11.9. The lowest BCUT2D eigenvalue weighted by atomic mass is 10.00. The van der Waals surface area contributed by atoms with Gasteiger partial charge in [-0.2, -0.15) is 0 Å². The maximum absolute atomic E-state index is 11.9. The average Bonchev–Trinajstić information content (AvgIpc) is 2.83. The third kappa shape index (κ3) is 3.91. The van der Waals surface area contributed by atoms with Gasteiger partial charge in [0.15, 0.2) is 5.78 Å². The van der Waals surface area contributed by atoms with Crippen molar-refractivity contribution in [1.82, 2.24) is 4.90 Å². The van der Waals surface area contributed by atoms with Crippen molar-refractivity contribution in [3.05, 3.63) is 22.4 Å². The lowest BCUT2D eigenvalue weighted by molar-refractivity contribution is 0.0550. The van der Waals surface area contributed by atoms with Crippen LogP contribution in [0.5, 0.6) is 0 Å². The fourth-order valence-corrected chi connectivity index (χ4v) is 2.85. The van der Waals surface area contributed by atoms with E-state index in [9.17, 15) is 4.79 Å². The second kappa shape index (κ2) is 6.28. The summed E-state index contributed by atoms with van der Waals surface area (Å²) in [5.41, 5.74) is 0. The first-order chi connectivity index (χ1) is 8.25. The lowest BCUT2D eigenvalue weighted by Crippen LogP contribution is -2.33. The molecule has 4 heteroatoms. The van der Waals surface area contributed by atoms with Crippen molar-refractivity contribution < 1.29 is 9.53 Å². The number of Topliss-reactive ketones (excluding diaryl/α,β-unsaturated/α-hetero) is 1. The fraction of sp³-hybridized carbons (Fsp3) is 0.615. The van der Waals surface area contributed by atoms with Gasteiger partial charge in [0, 0.05) is 19.8 Å². The first-order valence-electron chi connectivity index (χ1n) is 6.08. The van der Waals surface area contributed by atoms with Gasteiger partial charge in [0.05, 0.1) is 11.4 Å². The summed E-state index contributed by atoms with van der Waals surface area (Å²) >= 11 is 1.52. The van der Waals surface area contributed by atoms with Crippen LogP contribution in [0.2, 0.25) is 0 Å². The van der Waals surface area contributed by atoms with E-state index in [2.05, 4.69) is 4.90 Å². The molecule has 1 fully saturated rings. The monoisotopic (exact) mass is 253 g/mol. The molecule has 3 nitrogen and oxygen atoms in total. The molecule has 0 aliphatic carbocycles. The standard InChI is InChI=1S/C13H19NO2S/c1-14(9-11-4-6-16-7-5-11)10-12(15)13-3-2-8-17-13/h2-3,8,11H,4-7,9-10H2,1H3. The summed E-state index contributed by atoms with van der Waals surface area (Å²) in [6.07, 6.45) is 2.25. The SMILES string of the molecule is CN(CC(=O)c1cccs1)CC1CCOCC1. The molecule has 1 aliphatic rings. The van der Waals surface area contributed by atoms with Crippen molar-refractivity contribution in [1.29, 1.82) is 0 Å². The molecule has 2 rings (SSSR count). The van der Waals surface area contributed by atoms with Gasteiger partial charge in [0.25, 0.3) is 0 Å². The molecule has 17 heavy (non-hydrogen) atoms. The number of ketones is 1. The molecule has 0 aromatic carbocycles. The van der Waals surface area contributed by atoms with E-state index in [-0.39, 0.29) is 5.78 Å². The molecule has 0 bridgehead atoms. The Labute approximate surface area is 106 Å². The number of rotatable bonds is 5. The van der Waals surface area contributed by atoms with Gasteiger partial charge < -0.3 is 4.74 Å². The molecule has 94 valence electrons. The molecule has 2 heterocycles. The summed E-state index contributed by atoms with van der Waals surface area (Å²) in [7, 11) is 2.03. The Hall–Kier alpha value is -0.710. The second-order valence-corrected chi connectivity index (χ2v) is 5.60. The van der Waals surface area contributed by atoms with Crippen molar-refractivity contribution in [2.75, 3.05) is 33.4 Å².